The molecule has 0 aromatic carbocycles. The Labute approximate surface area is 42.3 Å². The molecular weight excluding hydrogens is 90.1 g/mol. The second-order valence-electron chi connectivity index (χ2n) is 1.23. The van der Waals surface area contributed by atoms with E-state index in [0.717, 1.165) is 0 Å². The number of H-pyrrole nitrogens is 1. The molecule has 0 aliphatic heterocycles. The highest BCUT2D eigenvalue weighted by atomic mass is 16.1. The van der Waals surface area contributed by atoms with Crippen molar-refractivity contribution in [3.8, 4) is 0 Å². The second-order valence-corrected chi connectivity index (χ2v) is 1.23. The lowest BCUT2D eigenvalue weighted by Gasteiger charge is -1.73. The van der Waals surface area contributed by atoms with Gasteiger partial charge in [0.2, 0.25) is 5.56 Å². The summed E-state index contributed by atoms with van der Waals surface area (Å²) in [5, 5.41) is 0. The summed E-state index contributed by atoms with van der Waals surface area (Å²) >= 11 is 0. The van der Waals surface area contributed by atoms with Gasteiger partial charge in [-0.15, -0.1) is 0 Å². The summed E-state index contributed by atoms with van der Waals surface area (Å²) in [5.41, 5.74) is -0.0532. The minimum absolute atomic E-state index is 0. The van der Waals surface area contributed by atoms with E-state index in [2.05, 4.69) is 4.98 Å². The molecule has 0 bridgehead atoms. The first kappa shape index (κ1) is 4.12. The van der Waals surface area contributed by atoms with Gasteiger partial charge in [0.1, 0.15) is 0 Å². The van der Waals surface area contributed by atoms with Gasteiger partial charge in [0.05, 0.1) is 0 Å². The molecule has 0 aliphatic carbocycles. The van der Waals surface area contributed by atoms with Gasteiger partial charge < -0.3 is 4.98 Å². The zero-order valence-electron chi connectivity index (χ0n) is 4.72. The lowest BCUT2D eigenvalue weighted by atomic mass is 10.5. The van der Waals surface area contributed by atoms with Crippen molar-refractivity contribution in [2.75, 3.05) is 0 Å². The Balaban J connectivity index is 0.000000490. The average Bonchev–Trinajstić information content (AvgIpc) is 1.69. The molecule has 1 rings (SSSR count). The largest absolute Gasteiger partial charge is 1.00 e. The highest BCUT2D eigenvalue weighted by Gasteiger charge is 1.69. The van der Waals surface area contributed by atoms with Gasteiger partial charge in [-0.05, 0) is 6.07 Å². The fourth-order valence-electron chi connectivity index (χ4n) is 0.377. The number of hydrogen-bond donors (Lipinski definition) is 1. The molecule has 0 unspecified atom stereocenters. The van der Waals surface area contributed by atoms with Gasteiger partial charge in [0, 0.05) is 12.3 Å². The molecule has 0 radical (unpaired) electrons. The standard InChI is InChI=1S/C5H5NO/c7-5-3-1-2-4-6-5/h1-4H,(H,6,7)/p+1. The number of aromatic amines is 1. The van der Waals surface area contributed by atoms with Crippen molar-refractivity contribution < 1.29 is 1.43 Å². The first-order chi connectivity index (χ1) is 3.39. The number of hydrogen-bond acceptors (Lipinski definition) is 1. The van der Waals surface area contributed by atoms with Gasteiger partial charge in [-0.2, -0.15) is 0 Å². The summed E-state index contributed by atoms with van der Waals surface area (Å²) in [7, 11) is 0. The summed E-state index contributed by atoms with van der Waals surface area (Å²) < 4.78 is 0. The lowest BCUT2D eigenvalue weighted by molar-refractivity contribution is 1.24. The van der Waals surface area contributed by atoms with E-state index in [1.807, 2.05) is 0 Å². The molecule has 7 heavy (non-hydrogen) atoms. The zero-order chi connectivity index (χ0) is 5.11. The van der Waals surface area contributed by atoms with Crippen LogP contribution in [0.2, 0.25) is 0 Å². The summed E-state index contributed by atoms with van der Waals surface area (Å²) in [6.45, 7) is 0. The molecule has 0 atom stereocenters. The molecule has 0 fully saturated rings. The minimum atomic E-state index is -0.0532. The van der Waals surface area contributed by atoms with Crippen molar-refractivity contribution in [1.82, 2.24) is 4.98 Å². The van der Waals surface area contributed by atoms with Crippen LogP contribution in [0.15, 0.2) is 29.2 Å². The van der Waals surface area contributed by atoms with Crippen LogP contribution in [0.1, 0.15) is 1.43 Å². The molecule has 36 valence electrons. The average molecular weight is 96.1 g/mol. The van der Waals surface area contributed by atoms with Crippen LogP contribution in [0.25, 0.3) is 0 Å². The van der Waals surface area contributed by atoms with Crippen LogP contribution < -0.4 is 5.56 Å². The van der Waals surface area contributed by atoms with E-state index in [1.54, 1.807) is 18.3 Å². The Hall–Kier alpha value is -1.05. The first-order valence-electron chi connectivity index (χ1n) is 2.03. The highest BCUT2D eigenvalue weighted by molar-refractivity contribution is 4.89. The van der Waals surface area contributed by atoms with E-state index < -0.39 is 0 Å². The Morgan fingerprint density at radius 1 is 1.57 bits per heavy atom. The molecule has 1 heterocycles. The SMILES string of the molecule is O=c1cccc[nH]1.[H+]. The van der Waals surface area contributed by atoms with Gasteiger partial charge in [0.25, 0.3) is 0 Å². The van der Waals surface area contributed by atoms with Crippen LogP contribution in [0, 0.1) is 0 Å². The summed E-state index contributed by atoms with van der Waals surface area (Å²) in [6, 6.07) is 4.93. The van der Waals surface area contributed by atoms with Crippen LogP contribution in [0.4, 0.5) is 0 Å². The third-order valence-electron chi connectivity index (χ3n) is 0.681. The number of rotatable bonds is 0. The Morgan fingerprint density at radius 3 is 2.71 bits per heavy atom. The van der Waals surface area contributed by atoms with E-state index in [0.29, 0.717) is 0 Å². The van der Waals surface area contributed by atoms with E-state index in [1.165, 1.54) is 6.07 Å². The van der Waals surface area contributed by atoms with Crippen LogP contribution in [-0.2, 0) is 0 Å². The predicted molar refractivity (Wildman–Crippen MR) is 28.2 cm³/mol. The third kappa shape index (κ3) is 0.892. The van der Waals surface area contributed by atoms with Crippen LogP contribution >= 0.6 is 0 Å². The molecular formula is C5H6NO+. The molecule has 0 saturated carbocycles. The van der Waals surface area contributed by atoms with Gasteiger partial charge in [-0.3, -0.25) is 4.79 Å². The van der Waals surface area contributed by atoms with Gasteiger partial charge in [-0.25, -0.2) is 0 Å². The maximum absolute atomic E-state index is 10.2. The van der Waals surface area contributed by atoms with Crippen molar-refractivity contribution in [3.63, 3.8) is 0 Å². The topological polar surface area (TPSA) is 32.9 Å². The monoisotopic (exact) mass is 96.0 g/mol. The molecule has 1 N–H and O–H groups in total. The van der Waals surface area contributed by atoms with Crippen LogP contribution in [0.5, 0.6) is 0 Å². The van der Waals surface area contributed by atoms with Crippen molar-refractivity contribution in [3.05, 3.63) is 34.7 Å². The fourth-order valence-corrected chi connectivity index (χ4v) is 0.377. The van der Waals surface area contributed by atoms with E-state index >= 15 is 0 Å². The number of pyridine rings is 1. The van der Waals surface area contributed by atoms with Gasteiger partial charge >= 0.3 is 1.43 Å². The molecule has 0 amide bonds. The smallest absolute Gasteiger partial charge is 0.329 e. The maximum Gasteiger partial charge on any atom is 1.00 e. The Kier molecular flexibility index (Phi) is 0.941. The second kappa shape index (κ2) is 1.60. The van der Waals surface area contributed by atoms with E-state index in [-0.39, 0.29) is 6.99 Å². The van der Waals surface area contributed by atoms with E-state index in [4.69, 9.17) is 0 Å². The summed E-state index contributed by atoms with van der Waals surface area (Å²) in [5.74, 6) is 0. The van der Waals surface area contributed by atoms with Crippen LogP contribution in [-0.4, -0.2) is 4.98 Å². The van der Waals surface area contributed by atoms with Crippen molar-refractivity contribution in [2.24, 2.45) is 0 Å². The zero-order valence-corrected chi connectivity index (χ0v) is 3.72. The van der Waals surface area contributed by atoms with Crippen molar-refractivity contribution >= 4 is 0 Å². The molecule has 0 spiro atoms. The minimum Gasteiger partial charge on any atom is -0.329 e. The number of aromatic nitrogens is 1. The van der Waals surface area contributed by atoms with Crippen LogP contribution in [0.3, 0.4) is 0 Å². The van der Waals surface area contributed by atoms with Crippen molar-refractivity contribution in [1.29, 1.82) is 0 Å². The van der Waals surface area contributed by atoms with Crippen molar-refractivity contribution in [2.45, 2.75) is 0 Å². The summed E-state index contributed by atoms with van der Waals surface area (Å²) in [6.07, 6.45) is 1.60. The van der Waals surface area contributed by atoms with Gasteiger partial charge in [0.15, 0.2) is 0 Å². The van der Waals surface area contributed by atoms with E-state index in [9.17, 15) is 4.79 Å². The fraction of sp³-hybridized carbons (Fsp3) is 0. The van der Waals surface area contributed by atoms with Gasteiger partial charge in [-0.1, -0.05) is 6.07 Å². The quantitative estimate of drug-likeness (QED) is 0.501. The lowest BCUT2D eigenvalue weighted by Crippen LogP contribution is -1.98. The maximum atomic E-state index is 10.2. The molecule has 1 aromatic rings. The molecule has 1 aromatic heterocycles. The Morgan fingerprint density at radius 2 is 2.43 bits per heavy atom. The molecule has 2 nitrogen and oxygen atoms in total. The molecule has 0 saturated heterocycles. The Bertz CT molecular complexity index is 178. The predicted octanol–water partition coefficient (Wildman–Crippen LogP) is 0.487. The molecule has 0 aliphatic rings. The first-order valence-corrected chi connectivity index (χ1v) is 2.03. The third-order valence-corrected chi connectivity index (χ3v) is 0.681. The normalized spacial score (nSPS) is 8.57. The highest BCUT2D eigenvalue weighted by Crippen LogP contribution is 1.67. The molecule has 2 heteroatoms. The number of nitrogens with one attached hydrogen (secondary N) is 1. The summed E-state index contributed by atoms with van der Waals surface area (Å²) in [4.78, 5) is 12.7.